The Morgan fingerprint density at radius 3 is 2.55 bits per heavy atom. The van der Waals surface area contributed by atoms with E-state index in [1.165, 1.54) is 44.9 Å². The van der Waals surface area contributed by atoms with E-state index in [4.69, 9.17) is 0 Å². The molecule has 2 fully saturated rings. The first-order chi connectivity index (χ1) is 9.37. The molecule has 112 valence electrons. The van der Waals surface area contributed by atoms with Crippen LogP contribution < -0.4 is 0 Å². The lowest BCUT2D eigenvalue weighted by atomic mass is 9.51. The Morgan fingerprint density at radius 1 is 1.10 bits per heavy atom. The molecule has 0 radical (unpaired) electrons. The number of fused-ring (bicyclic) bond motifs is 3. The second-order valence-corrected chi connectivity index (χ2v) is 8.62. The first-order valence-corrected chi connectivity index (χ1v) is 8.69. The highest BCUT2D eigenvalue weighted by atomic mass is 14.6. The zero-order valence-corrected chi connectivity index (χ0v) is 14.2. The van der Waals surface area contributed by atoms with E-state index in [1.807, 2.05) is 5.57 Å². The maximum absolute atomic E-state index is 2.64. The number of allylic oxidation sites excluding steroid dienone is 4. The van der Waals surface area contributed by atoms with Crippen LogP contribution in [0.2, 0.25) is 0 Å². The Hall–Kier alpha value is -0.520. The minimum Gasteiger partial charge on any atom is -0.0851 e. The number of hydrogen-bond donors (Lipinski definition) is 0. The number of hydrogen-bond acceptors (Lipinski definition) is 0. The monoisotopic (exact) mass is 272 g/mol. The van der Waals surface area contributed by atoms with Crippen molar-refractivity contribution in [3.05, 3.63) is 22.8 Å². The van der Waals surface area contributed by atoms with Gasteiger partial charge in [0, 0.05) is 0 Å². The summed E-state index contributed by atoms with van der Waals surface area (Å²) in [6, 6.07) is 0. The van der Waals surface area contributed by atoms with E-state index in [1.54, 1.807) is 11.1 Å². The van der Waals surface area contributed by atoms with Crippen LogP contribution in [0.15, 0.2) is 22.8 Å². The van der Waals surface area contributed by atoms with Crippen LogP contribution in [0.5, 0.6) is 0 Å². The average Bonchev–Trinajstić information content (AvgIpc) is 2.64. The van der Waals surface area contributed by atoms with E-state index in [9.17, 15) is 0 Å². The third-order valence-corrected chi connectivity index (χ3v) is 7.18. The molecule has 4 atom stereocenters. The lowest BCUT2D eigenvalue weighted by molar-refractivity contribution is -0.0338. The maximum Gasteiger partial charge on any atom is -0.0144 e. The molecule has 0 aromatic heterocycles. The smallest absolute Gasteiger partial charge is 0.0144 e. The van der Waals surface area contributed by atoms with Gasteiger partial charge in [-0.15, -0.1) is 0 Å². The molecule has 0 heteroatoms. The summed E-state index contributed by atoms with van der Waals surface area (Å²) in [4.78, 5) is 0. The lowest BCUT2D eigenvalue weighted by Crippen LogP contribution is -2.46. The van der Waals surface area contributed by atoms with Crippen molar-refractivity contribution in [2.75, 3.05) is 0 Å². The molecule has 0 amide bonds. The van der Waals surface area contributed by atoms with E-state index in [0.717, 1.165) is 11.8 Å². The molecule has 0 heterocycles. The molecule has 0 saturated heterocycles. The zero-order chi connectivity index (χ0) is 14.5. The Balaban J connectivity index is 1.97. The zero-order valence-electron chi connectivity index (χ0n) is 14.2. The molecule has 0 spiro atoms. The largest absolute Gasteiger partial charge is 0.0851 e. The Labute approximate surface area is 125 Å². The first-order valence-electron chi connectivity index (χ1n) is 8.69. The highest BCUT2D eigenvalue weighted by Crippen LogP contribution is 2.65. The molecular formula is C20H32. The van der Waals surface area contributed by atoms with E-state index in [-0.39, 0.29) is 0 Å². The maximum atomic E-state index is 2.64. The predicted molar refractivity (Wildman–Crippen MR) is 87.6 cm³/mol. The van der Waals surface area contributed by atoms with Crippen LogP contribution >= 0.6 is 0 Å². The lowest BCUT2D eigenvalue weighted by Gasteiger charge is -2.54. The summed E-state index contributed by atoms with van der Waals surface area (Å²) in [7, 11) is 0. The fourth-order valence-electron chi connectivity index (χ4n) is 5.92. The molecule has 0 aliphatic heterocycles. The quantitative estimate of drug-likeness (QED) is 0.455. The van der Waals surface area contributed by atoms with Gasteiger partial charge in [-0.2, -0.15) is 0 Å². The Bertz CT molecular complexity index is 462. The normalized spacial score (nSPS) is 44.5. The minimum atomic E-state index is 0.570. The second-order valence-electron chi connectivity index (χ2n) is 8.62. The minimum absolute atomic E-state index is 0.570. The summed E-state index contributed by atoms with van der Waals surface area (Å²) in [6.07, 6.45) is 12.4. The van der Waals surface area contributed by atoms with Crippen molar-refractivity contribution in [2.24, 2.45) is 22.7 Å². The van der Waals surface area contributed by atoms with Crippen LogP contribution in [0.4, 0.5) is 0 Å². The molecule has 0 N–H and O–H groups in total. The van der Waals surface area contributed by atoms with Gasteiger partial charge in [-0.1, -0.05) is 36.6 Å². The van der Waals surface area contributed by atoms with Crippen LogP contribution in [0.1, 0.15) is 79.6 Å². The molecular weight excluding hydrogens is 240 g/mol. The van der Waals surface area contributed by atoms with Crippen molar-refractivity contribution in [2.45, 2.75) is 79.6 Å². The fourth-order valence-corrected chi connectivity index (χ4v) is 5.92. The fraction of sp³-hybridized carbons (Fsp3) is 0.800. The van der Waals surface area contributed by atoms with Gasteiger partial charge in [0.15, 0.2) is 0 Å². The molecule has 0 nitrogen and oxygen atoms in total. The van der Waals surface area contributed by atoms with Crippen LogP contribution in [0.3, 0.4) is 0 Å². The van der Waals surface area contributed by atoms with Crippen LogP contribution in [-0.2, 0) is 0 Å². The summed E-state index contributed by atoms with van der Waals surface area (Å²) in [5.74, 6) is 1.82. The highest BCUT2D eigenvalue weighted by molar-refractivity contribution is 5.26. The van der Waals surface area contributed by atoms with Gasteiger partial charge < -0.3 is 0 Å². The molecule has 2 saturated carbocycles. The molecule has 0 unspecified atom stereocenters. The third kappa shape index (κ3) is 2.02. The number of rotatable bonds is 0. The van der Waals surface area contributed by atoms with Crippen molar-refractivity contribution in [3.8, 4) is 0 Å². The highest BCUT2D eigenvalue weighted by Gasteiger charge is 2.56. The van der Waals surface area contributed by atoms with Crippen LogP contribution in [0, 0.1) is 22.7 Å². The summed E-state index contributed by atoms with van der Waals surface area (Å²) >= 11 is 0. The van der Waals surface area contributed by atoms with Gasteiger partial charge in [-0.25, -0.2) is 0 Å². The standard InChI is InChI=1S/C20H32/c1-14(2)16-9-13-20(5)17(16)10-12-19(4)11-8-15(3)6-7-18(19)20/h8,17-18H,6-7,9-13H2,1-5H3/t17-,18-,19+,20-/m1/s1. The molecule has 0 aromatic rings. The summed E-state index contributed by atoms with van der Waals surface area (Å²) in [5, 5.41) is 0. The van der Waals surface area contributed by atoms with E-state index in [2.05, 4.69) is 40.7 Å². The van der Waals surface area contributed by atoms with E-state index < -0.39 is 0 Å². The molecule has 3 aliphatic carbocycles. The van der Waals surface area contributed by atoms with Crippen molar-refractivity contribution in [3.63, 3.8) is 0 Å². The summed E-state index contributed by atoms with van der Waals surface area (Å²) in [6.45, 7) is 12.3. The third-order valence-electron chi connectivity index (χ3n) is 7.18. The van der Waals surface area contributed by atoms with Crippen molar-refractivity contribution in [1.29, 1.82) is 0 Å². The SMILES string of the molecule is CC1=CC[C@@]2(C)CC[C@@H]3C(=C(C)C)CC[C@@]3(C)[C@@H]2CC1. The summed E-state index contributed by atoms with van der Waals surface area (Å²) in [5.41, 5.74) is 6.23. The van der Waals surface area contributed by atoms with Crippen molar-refractivity contribution in [1.82, 2.24) is 0 Å². The average molecular weight is 272 g/mol. The van der Waals surface area contributed by atoms with Gasteiger partial charge in [0.25, 0.3) is 0 Å². The van der Waals surface area contributed by atoms with Gasteiger partial charge in [-0.3, -0.25) is 0 Å². The predicted octanol–water partition coefficient (Wildman–Crippen LogP) is 6.29. The van der Waals surface area contributed by atoms with Crippen LogP contribution in [0.25, 0.3) is 0 Å². The summed E-state index contributed by atoms with van der Waals surface area (Å²) < 4.78 is 0. The van der Waals surface area contributed by atoms with Crippen LogP contribution in [-0.4, -0.2) is 0 Å². The van der Waals surface area contributed by atoms with Gasteiger partial charge in [0.2, 0.25) is 0 Å². The van der Waals surface area contributed by atoms with E-state index >= 15 is 0 Å². The van der Waals surface area contributed by atoms with Crippen molar-refractivity contribution >= 4 is 0 Å². The van der Waals surface area contributed by atoms with Gasteiger partial charge in [-0.05, 0) is 88.4 Å². The molecule has 0 bridgehead atoms. The molecule has 3 rings (SSSR count). The molecule has 3 aliphatic rings. The van der Waals surface area contributed by atoms with Gasteiger partial charge in [0.05, 0.1) is 0 Å². The molecule has 0 aromatic carbocycles. The van der Waals surface area contributed by atoms with Gasteiger partial charge >= 0.3 is 0 Å². The van der Waals surface area contributed by atoms with Crippen molar-refractivity contribution < 1.29 is 0 Å². The van der Waals surface area contributed by atoms with E-state index in [0.29, 0.717) is 10.8 Å². The molecule has 20 heavy (non-hydrogen) atoms. The topological polar surface area (TPSA) is 0 Å². The second kappa shape index (κ2) is 4.75. The van der Waals surface area contributed by atoms with Gasteiger partial charge in [0.1, 0.15) is 0 Å². The Kier molecular flexibility index (Phi) is 3.42. The Morgan fingerprint density at radius 2 is 1.85 bits per heavy atom. The first kappa shape index (κ1) is 14.4.